The molecule has 0 spiro atoms. The van der Waals surface area contributed by atoms with Gasteiger partial charge in [0.2, 0.25) is 0 Å². The molecule has 16 heavy (non-hydrogen) atoms. The average Bonchev–Trinajstić information content (AvgIpc) is 2.29. The van der Waals surface area contributed by atoms with Crippen LogP contribution in [0.2, 0.25) is 0 Å². The molecule has 0 aliphatic carbocycles. The number of nitrogens with zero attached hydrogens (tertiary/aromatic N) is 1. The zero-order chi connectivity index (χ0) is 12.0. The molecule has 0 saturated heterocycles. The van der Waals surface area contributed by atoms with Crippen molar-refractivity contribution in [2.45, 2.75) is 13.3 Å². The van der Waals surface area contributed by atoms with Gasteiger partial charge < -0.3 is 10.2 Å². The Morgan fingerprint density at radius 2 is 1.94 bits per heavy atom. The van der Waals surface area contributed by atoms with E-state index in [0.29, 0.717) is 0 Å². The molecule has 0 unspecified atom stereocenters. The lowest BCUT2D eigenvalue weighted by atomic mass is 10.1. The average molecular weight is 220 g/mol. The number of rotatable bonds is 5. The maximum Gasteiger partial charge on any atom is 0.253 e. The van der Waals surface area contributed by atoms with E-state index in [1.165, 1.54) is 5.56 Å². The summed E-state index contributed by atoms with van der Waals surface area (Å²) < 4.78 is 0. The van der Waals surface area contributed by atoms with Gasteiger partial charge in [0, 0.05) is 19.2 Å². The lowest BCUT2D eigenvalue weighted by Gasteiger charge is -2.17. The maximum absolute atomic E-state index is 12.0. The highest BCUT2D eigenvalue weighted by Gasteiger charge is 2.10. The summed E-state index contributed by atoms with van der Waals surface area (Å²) in [6, 6.07) is 7.70. The number of amides is 1. The zero-order valence-corrected chi connectivity index (χ0v) is 10.3. The standard InChI is InChI=1S/C13H20N2O/c1-11-5-7-12(8-6-11)13(16)15(3)10-4-9-14-2/h5-8,14H,4,9-10H2,1-3H3. The van der Waals surface area contributed by atoms with Crippen LogP contribution in [0.3, 0.4) is 0 Å². The van der Waals surface area contributed by atoms with Crippen LogP contribution in [0.25, 0.3) is 0 Å². The van der Waals surface area contributed by atoms with Crippen molar-refractivity contribution in [3.8, 4) is 0 Å². The van der Waals surface area contributed by atoms with Crippen molar-refractivity contribution in [1.82, 2.24) is 10.2 Å². The van der Waals surface area contributed by atoms with Crippen molar-refractivity contribution in [2.75, 3.05) is 27.2 Å². The highest BCUT2D eigenvalue weighted by atomic mass is 16.2. The molecule has 3 heteroatoms. The van der Waals surface area contributed by atoms with E-state index in [4.69, 9.17) is 0 Å². The molecule has 0 saturated carbocycles. The Hall–Kier alpha value is -1.35. The van der Waals surface area contributed by atoms with Gasteiger partial charge >= 0.3 is 0 Å². The summed E-state index contributed by atoms with van der Waals surface area (Å²) in [6.45, 7) is 3.74. The van der Waals surface area contributed by atoms with Crippen molar-refractivity contribution in [1.29, 1.82) is 0 Å². The number of benzene rings is 1. The second-order valence-corrected chi connectivity index (χ2v) is 4.05. The molecule has 1 aromatic carbocycles. The van der Waals surface area contributed by atoms with Crippen molar-refractivity contribution >= 4 is 5.91 Å². The molecule has 0 aliphatic heterocycles. The lowest BCUT2D eigenvalue weighted by molar-refractivity contribution is 0.0794. The number of aryl methyl sites for hydroxylation is 1. The number of hydrogen-bond donors (Lipinski definition) is 1. The van der Waals surface area contributed by atoms with Crippen LogP contribution < -0.4 is 5.32 Å². The number of carbonyl (C=O) groups is 1. The predicted molar refractivity (Wildman–Crippen MR) is 66.7 cm³/mol. The highest BCUT2D eigenvalue weighted by molar-refractivity contribution is 5.94. The largest absolute Gasteiger partial charge is 0.342 e. The van der Waals surface area contributed by atoms with Gasteiger partial charge in [-0.2, -0.15) is 0 Å². The van der Waals surface area contributed by atoms with E-state index in [1.54, 1.807) is 4.90 Å². The van der Waals surface area contributed by atoms with E-state index >= 15 is 0 Å². The maximum atomic E-state index is 12.0. The highest BCUT2D eigenvalue weighted by Crippen LogP contribution is 2.06. The Kier molecular flexibility index (Phi) is 4.99. The van der Waals surface area contributed by atoms with Gasteiger partial charge in [0.25, 0.3) is 5.91 Å². The van der Waals surface area contributed by atoms with Crippen molar-refractivity contribution in [2.24, 2.45) is 0 Å². The SMILES string of the molecule is CNCCCN(C)C(=O)c1ccc(C)cc1. The second kappa shape index (κ2) is 6.28. The Morgan fingerprint density at radius 1 is 1.31 bits per heavy atom. The third-order valence-corrected chi connectivity index (χ3v) is 2.57. The molecule has 1 N–H and O–H groups in total. The van der Waals surface area contributed by atoms with Crippen molar-refractivity contribution in [3.63, 3.8) is 0 Å². The Morgan fingerprint density at radius 3 is 2.50 bits per heavy atom. The van der Waals surface area contributed by atoms with E-state index < -0.39 is 0 Å². The molecule has 0 aromatic heterocycles. The molecule has 0 fully saturated rings. The fourth-order valence-electron chi connectivity index (χ4n) is 1.51. The van der Waals surface area contributed by atoms with Crippen LogP contribution in [0, 0.1) is 6.92 Å². The van der Waals surface area contributed by atoms with E-state index in [0.717, 1.165) is 25.1 Å². The van der Waals surface area contributed by atoms with Gasteiger partial charge in [-0.05, 0) is 39.1 Å². The Labute approximate surface area is 97.5 Å². The Bertz CT molecular complexity index is 332. The van der Waals surface area contributed by atoms with Gasteiger partial charge in [-0.1, -0.05) is 17.7 Å². The number of nitrogens with one attached hydrogen (secondary N) is 1. The van der Waals surface area contributed by atoms with Crippen LogP contribution in [-0.2, 0) is 0 Å². The molecule has 0 atom stereocenters. The van der Waals surface area contributed by atoms with Crippen LogP contribution in [0.1, 0.15) is 22.3 Å². The molecule has 1 amide bonds. The fourth-order valence-corrected chi connectivity index (χ4v) is 1.51. The predicted octanol–water partition coefficient (Wildman–Crippen LogP) is 1.68. The molecule has 1 rings (SSSR count). The lowest BCUT2D eigenvalue weighted by Crippen LogP contribution is -2.29. The monoisotopic (exact) mass is 220 g/mol. The zero-order valence-electron chi connectivity index (χ0n) is 10.3. The first-order valence-corrected chi connectivity index (χ1v) is 5.62. The van der Waals surface area contributed by atoms with Crippen LogP contribution >= 0.6 is 0 Å². The molecule has 3 nitrogen and oxygen atoms in total. The number of hydrogen-bond acceptors (Lipinski definition) is 2. The second-order valence-electron chi connectivity index (χ2n) is 4.05. The van der Waals surface area contributed by atoms with E-state index in [9.17, 15) is 4.79 Å². The third-order valence-electron chi connectivity index (χ3n) is 2.57. The van der Waals surface area contributed by atoms with Gasteiger partial charge in [0.1, 0.15) is 0 Å². The summed E-state index contributed by atoms with van der Waals surface area (Å²) in [5.41, 5.74) is 1.94. The van der Waals surface area contributed by atoms with Gasteiger partial charge in [-0.25, -0.2) is 0 Å². The molecular weight excluding hydrogens is 200 g/mol. The summed E-state index contributed by atoms with van der Waals surface area (Å²) in [7, 11) is 3.76. The summed E-state index contributed by atoms with van der Waals surface area (Å²) >= 11 is 0. The molecule has 1 aromatic rings. The van der Waals surface area contributed by atoms with E-state index in [1.807, 2.05) is 45.3 Å². The first-order valence-electron chi connectivity index (χ1n) is 5.62. The minimum absolute atomic E-state index is 0.0936. The summed E-state index contributed by atoms with van der Waals surface area (Å²) in [4.78, 5) is 13.7. The van der Waals surface area contributed by atoms with E-state index in [2.05, 4.69) is 5.32 Å². The van der Waals surface area contributed by atoms with Crippen LogP contribution in [0.15, 0.2) is 24.3 Å². The molecule has 88 valence electrons. The smallest absolute Gasteiger partial charge is 0.253 e. The van der Waals surface area contributed by atoms with Gasteiger partial charge in [-0.3, -0.25) is 4.79 Å². The van der Waals surface area contributed by atoms with Gasteiger partial charge in [-0.15, -0.1) is 0 Å². The first-order chi connectivity index (χ1) is 7.65. The fraction of sp³-hybridized carbons (Fsp3) is 0.462. The topological polar surface area (TPSA) is 32.3 Å². The summed E-state index contributed by atoms with van der Waals surface area (Å²) in [6.07, 6.45) is 0.977. The van der Waals surface area contributed by atoms with E-state index in [-0.39, 0.29) is 5.91 Å². The minimum atomic E-state index is 0.0936. The summed E-state index contributed by atoms with van der Waals surface area (Å²) in [5, 5.41) is 3.07. The molecule has 0 radical (unpaired) electrons. The Balaban J connectivity index is 2.53. The quantitative estimate of drug-likeness (QED) is 0.766. The first kappa shape index (κ1) is 12.7. The van der Waals surface area contributed by atoms with Crippen molar-refractivity contribution < 1.29 is 4.79 Å². The minimum Gasteiger partial charge on any atom is -0.342 e. The molecule has 0 bridgehead atoms. The van der Waals surface area contributed by atoms with Crippen molar-refractivity contribution in [3.05, 3.63) is 35.4 Å². The van der Waals surface area contributed by atoms with Crippen LogP contribution in [-0.4, -0.2) is 38.0 Å². The van der Waals surface area contributed by atoms with Gasteiger partial charge in [0.05, 0.1) is 0 Å². The number of carbonyl (C=O) groups excluding carboxylic acids is 1. The van der Waals surface area contributed by atoms with Crippen LogP contribution in [0.5, 0.6) is 0 Å². The molecule has 0 heterocycles. The van der Waals surface area contributed by atoms with Gasteiger partial charge in [0.15, 0.2) is 0 Å². The summed E-state index contributed by atoms with van der Waals surface area (Å²) in [5.74, 6) is 0.0936. The van der Waals surface area contributed by atoms with Crippen LogP contribution in [0.4, 0.5) is 0 Å². The molecule has 0 aliphatic rings. The normalized spacial score (nSPS) is 10.2. The molecular formula is C13H20N2O. The third kappa shape index (κ3) is 3.66.